The van der Waals surface area contributed by atoms with Gasteiger partial charge in [-0.2, -0.15) is 0 Å². The molecule has 4 atom stereocenters. The van der Waals surface area contributed by atoms with Gasteiger partial charge in [-0.15, -0.1) is 0 Å². The van der Waals surface area contributed by atoms with Crippen LogP contribution in [0.25, 0.3) is 0 Å². The van der Waals surface area contributed by atoms with E-state index in [1.807, 2.05) is 0 Å². The third kappa shape index (κ3) is 5.01. The first kappa shape index (κ1) is 26.7. The third-order valence-corrected chi connectivity index (χ3v) is 5.94. The molecule has 3 N–H and O–H groups in total. The van der Waals surface area contributed by atoms with E-state index in [1.54, 1.807) is 0 Å². The number of primary amides is 1. The van der Waals surface area contributed by atoms with Gasteiger partial charge in [-0.25, -0.2) is 0 Å². The predicted octanol–water partition coefficient (Wildman–Crippen LogP) is 2.80. The van der Waals surface area contributed by atoms with Crippen LogP contribution in [-0.4, -0.2) is 41.3 Å². The fraction of sp³-hybridized carbons (Fsp3) is 0.381. The van der Waals surface area contributed by atoms with Gasteiger partial charge in [0.25, 0.3) is 0 Å². The van der Waals surface area contributed by atoms with E-state index in [4.69, 9.17) is 15.2 Å². The molecule has 2 amide bonds. The number of methoxy groups -OCH3 is 1. The van der Waals surface area contributed by atoms with E-state index >= 15 is 0 Å². The van der Waals surface area contributed by atoms with Crippen LogP contribution in [0, 0.1) is 17.6 Å². The summed E-state index contributed by atoms with van der Waals surface area (Å²) < 4.78 is 79.6. The number of carbonyl (C=O) groups is 2. The van der Waals surface area contributed by atoms with Crippen molar-refractivity contribution in [3.63, 3.8) is 0 Å². The molecule has 1 fully saturated rings. The topological polar surface area (TPSA) is 90.7 Å². The van der Waals surface area contributed by atoms with Crippen LogP contribution in [0.5, 0.6) is 5.75 Å². The number of ether oxygens (including phenoxy) is 2. The SMILES string of the molecule is C=C/C(=C\[C](=[Ni])C(N)=O)NC(=O)[C@@H]1O[C@@](C)(C(F)(F)F)[C@@H](C)[C@@H]1c1ccc(F)c(F)c1OC. The van der Waals surface area contributed by atoms with Crippen LogP contribution in [-0.2, 0) is 29.4 Å². The fourth-order valence-corrected chi connectivity index (χ4v) is 3.75. The van der Waals surface area contributed by atoms with Crippen molar-refractivity contribution < 1.29 is 56.0 Å². The first-order chi connectivity index (χ1) is 15.2. The molecule has 0 saturated carbocycles. The molecule has 1 aromatic carbocycles. The summed E-state index contributed by atoms with van der Waals surface area (Å²) >= 11 is 4.41. The average Bonchev–Trinajstić information content (AvgIpc) is 3.01. The molecular formula is C21H21F5N2NiO4. The summed E-state index contributed by atoms with van der Waals surface area (Å²) in [6.07, 6.45) is -4.60. The Bertz CT molecular complexity index is 1030. The summed E-state index contributed by atoms with van der Waals surface area (Å²) in [7, 11) is 1.02. The first-order valence-corrected chi connectivity index (χ1v) is 9.89. The molecule has 2 rings (SSSR count). The van der Waals surface area contributed by atoms with Crippen LogP contribution < -0.4 is 15.8 Å². The number of alkyl halides is 3. The van der Waals surface area contributed by atoms with Gasteiger partial charge in [0, 0.05) is 0 Å². The number of allylic oxidation sites excluding steroid dienone is 1. The van der Waals surface area contributed by atoms with E-state index in [0.29, 0.717) is 0 Å². The number of nitrogens with two attached hydrogens (primary N) is 1. The zero-order chi connectivity index (χ0) is 25.3. The van der Waals surface area contributed by atoms with Gasteiger partial charge in [-0.3, -0.25) is 0 Å². The second kappa shape index (κ2) is 9.73. The van der Waals surface area contributed by atoms with Crippen molar-refractivity contribution >= 4 is 16.3 Å². The third-order valence-electron chi connectivity index (χ3n) is 5.55. The molecule has 6 nitrogen and oxygen atoms in total. The van der Waals surface area contributed by atoms with Crippen LogP contribution in [0.15, 0.2) is 36.6 Å². The molecule has 0 spiro atoms. The van der Waals surface area contributed by atoms with Crippen LogP contribution in [0.4, 0.5) is 22.0 Å². The van der Waals surface area contributed by atoms with E-state index in [9.17, 15) is 31.5 Å². The number of amides is 2. The number of benzene rings is 1. The zero-order valence-electron chi connectivity index (χ0n) is 17.7. The molecule has 0 bridgehead atoms. The van der Waals surface area contributed by atoms with Crippen molar-refractivity contribution in [2.45, 2.75) is 37.6 Å². The molecule has 33 heavy (non-hydrogen) atoms. The molecule has 1 aliphatic rings. The Morgan fingerprint density at radius 1 is 1.33 bits per heavy atom. The summed E-state index contributed by atoms with van der Waals surface area (Å²) in [4.78, 5) is 24.2. The summed E-state index contributed by atoms with van der Waals surface area (Å²) in [5, 5.41) is 2.28. The maximum absolute atomic E-state index is 14.3. The second-order valence-electron chi connectivity index (χ2n) is 7.41. The van der Waals surface area contributed by atoms with Crippen LogP contribution in [0.3, 0.4) is 0 Å². The number of rotatable bonds is 7. The molecule has 0 radical (unpaired) electrons. The van der Waals surface area contributed by atoms with E-state index in [1.165, 1.54) is 6.92 Å². The van der Waals surface area contributed by atoms with Crippen molar-refractivity contribution in [2.75, 3.05) is 7.11 Å². The van der Waals surface area contributed by atoms with Crippen molar-refractivity contribution in [1.82, 2.24) is 5.32 Å². The Balaban J connectivity index is 2.60. The molecule has 0 aliphatic carbocycles. The van der Waals surface area contributed by atoms with Crippen molar-refractivity contribution in [2.24, 2.45) is 11.7 Å². The molecular weight excluding hydrogens is 498 g/mol. The summed E-state index contributed by atoms with van der Waals surface area (Å²) in [6.45, 7) is 5.38. The molecule has 184 valence electrons. The van der Waals surface area contributed by atoms with Gasteiger partial charge in [0.05, 0.1) is 0 Å². The molecule has 1 aliphatic heterocycles. The van der Waals surface area contributed by atoms with Crippen LogP contribution in [0.2, 0.25) is 0 Å². The van der Waals surface area contributed by atoms with Gasteiger partial charge >= 0.3 is 194 Å². The summed E-state index contributed by atoms with van der Waals surface area (Å²) in [5.41, 5.74) is 1.95. The van der Waals surface area contributed by atoms with Gasteiger partial charge in [0.1, 0.15) is 0 Å². The van der Waals surface area contributed by atoms with Crippen molar-refractivity contribution in [3.05, 3.63) is 53.8 Å². The Labute approximate surface area is 193 Å². The monoisotopic (exact) mass is 518 g/mol. The van der Waals surface area contributed by atoms with E-state index in [-0.39, 0.29) is 15.8 Å². The number of nitrogens with one attached hydrogen (secondary N) is 1. The number of hydrogen-bond acceptors (Lipinski definition) is 4. The second-order valence-corrected chi connectivity index (χ2v) is 7.95. The number of hydrogen-bond donors (Lipinski definition) is 2. The molecule has 12 heteroatoms. The standard InChI is InChI=1S/C21H21F5N2O4.Ni/c1-5-11(6-9-14(27)29)28-19(30)18-15(10(2)20(3,32-18)21(24,25)26)12-7-8-13(22)16(23)17(12)31-4;/h5-8,10,15,18H,1H2,2-4H3,(H2,27,29)(H,28,30);/b11-6+;/t10-,15+,18+,20+;/m0./s1. The predicted molar refractivity (Wildman–Crippen MR) is 105 cm³/mol. The Hall–Kier alpha value is -2.59. The van der Waals surface area contributed by atoms with Gasteiger partial charge in [-0.05, 0) is 0 Å². The molecule has 1 saturated heterocycles. The summed E-state index contributed by atoms with van der Waals surface area (Å²) in [6, 6.07) is 1.76. The van der Waals surface area contributed by atoms with Gasteiger partial charge < -0.3 is 0 Å². The zero-order valence-corrected chi connectivity index (χ0v) is 18.7. The van der Waals surface area contributed by atoms with Crippen LogP contribution >= 0.6 is 0 Å². The van der Waals surface area contributed by atoms with Crippen LogP contribution in [0.1, 0.15) is 25.3 Å². The van der Waals surface area contributed by atoms with Gasteiger partial charge in [0.2, 0.25) is 0 Å². The molecule has 0 unspecified atom stereocenters. The summed E-state index contributed by atoms with van der Waals surface area (Å²) in [5.74, 6) is -8.16. The normalized spacial score (nSPS) is 25.5. The number of halogens is 5. The van der Waals surface area contributed by atoms with E-state index in [2.05, 4.69) is 26.9 Å². The molecule has 1 aromatic rings. The van der Waals surface area contributed by atoms with E-state index < -0.39 is 58.9 Å². The maximum atomic E-state index is 14.3. The Morgan fingerprint density at radius 2 is 1.94 bits per heavy atom. The minimum absolute atomic E-state index is 0.118. The van der Waals surface area contributed by atoms with Crippen molar-refractivity contribution in [3.8, 4) is 5.75 Å². The Morgan fingerprint density at radius 3 is 2.42 bits per heavy atom. The fourth-order valence-electron chi connectivity index (χ4n) is 3.60. The van der Waals surface area contributed by atoms with E-state index in [0.717, 1.165) is 38.3 Å². The Kier molecular flexibility index (Phi) is 7.86. The average molecular weight is 519 g/mol. The minimum atomic E-state index is -4.90. The molecule has 0 aromatic heterocycles. The quantitative estimate of drug-likeness (QED) is 0.330. The van der Waals surface area contributed by atoms with Gasteiger partial charge in [0.15, 0.2) is 0 Å². The molecule has 1 heterocycles. The van der Waals surface area contributed by atoms with Gasteiger partial charge in [-0.1, -0.05) is 0 Å². The van der Waals surface area contributed by atoms with Crippen molar-refractivity contribution in [1.29, 1.82) is 0 Å². The first-order valence-electron chi connectivity index (χ1n) is 9.40. The number of carbonyl (C=O) groups excluding carboxylic acids is 2.